The van der Waals surface area contributed by atoms with Crippen LogP contribution in [-0.4, -0.2) is 37.0 Å². The molecule has 1 N–H and O–H groups in total. The molecule has 0 bridgehead atoms. The molecule has 0 saturated heterocycles. The van der Waals surface area contributed by atoms with Gasteiger partial charge in [-0.05, 0) is 37.1 Å². The van der Waals surface area contributed by atoms with Crippen molar-refractivity contribution in [3.8, 4) is 0 Å². The topological polar surface area (TPSA) is 75.7 Å². The molecule has 0 aliphatic heterocycles. The SMILES string of the molecule is CC(C)[C@@H](NC(=O)c1ccccc1)C(=O)O[C@H](C)C(=O)N(C)c1ccccc1. The molecule has 0 radical (unpaired) electrons. The number of hydrogen-bond acceptors (Lipinski definition) is 4. The van der Waals surface area contributed by atoms with E-state index in [1.807, 2.05) is 24.3 Å². The standard InChI is InChI=1S/C22H26N2O4/c1-15(2)19(23-20(25)17-11-7-5-8-12-17)22(27)28-16(3)21(26)24(4)18-13-9-6-10-14-18/h5-16,19H,1-4H3,(H,23,25)/t16-,19-/m1/s1. The molecule has 6 heteroatoms. The van der Waals surface area contributed by atoms with Gasteiger partial charge in [-0.1, -0.05) is 50.2 Å². The van der Waals surface area contributed by atoms with Gasteiger partial charge in [0.05, 0.1) is 0 Å². The molecule has 2 aromatic rings. The van der Waals surface area contributed by atoms with Crippen molar-refractivity contribution in [3.05, 3.63) is 66.2 Å². The number of nitrogens with one attached hydrogen (secondary N) is 1. The van der Waals surface area contributed by atoms with E-state index >= 15 is 0 Å². The third kappa shape index (κ3) is 5.42. The fraction of sp³-hybridized carbons (Fsp3) is 0.318. The van der Waals surface area contributed by atoms with Gasteiger partial charge in [0.15, 0.2) is 6.10 Å². The van der Waals surface area contributed by atoms with Crippen molar-refractivity contribution in [1.29, 1.82) is 0 Å². The molecule has 28 heavy (non-hydrogen) atoms. The van der Waals surface area contributed by atoms with Crippen LogP contribution in [0.2, 0.25) is 0 Å². The highest BCUT2D eigenvalue weighted by Gasteiger charge is 2.30. The van der Waals surface area contributed by atoms with Crippen LogP contribution in [0.25, 0.3) is 0 Å². The highest BCUT2D eigenvalue weighted by molar-refractivity contribution is 5.99. The monoisotopic (exact) mass is 382 g/mol. The first-order chi connectivity index (χ1) is 13.3. The molecule has 0 aromatic heterocycles. The van der Waals surface area contributed by atoms with Crippen LogP contribution in [0.4, 0.5) is 5.69 Å². The summed E-state index contributed by atoms with van der Waals surface area (Å²) in [5.74, 6) is -1.55. The molecule has 0 saturated carbocycles. The van der Waals surface area contributed by atoms with E-state index in [0.717, 1.165) is 0 Å². The van der Waals surface area contributed by atoms with Crippen LogP contribution >= 0.6 is 0 Å². The second kappa shape index (κ2) is 9.69. The Balaban J connectivity index is 2.03. The summed E-state index contributed by atoms with van der Waals surface area (Å²) in [6.07, 6.45) is -0.979. The van der Waals surface area contributed by atoms with Gasteiger partial charge in [-0.15, -0.1) is 0 Å². The summed E-state index contributed by atoms with van der Waals surface area (Å²) in [6.45, 7) is 5.13. The number of hydrogen-bond donors (Lipinski definition) is 1. The van der Waals surface area contributed by atoms with Gasteiger partial charge in [-0.25, -0.2) is 4.79 Å². The maximum Gasteiger partial charge on any atom is 0.329 e. The molecular formula is C22H26N2O4. The van der Waals surface area contributed by atoms with Crippen LogP contribution in [-0.2, 0) is 14.3 Å². The summed E-state index contributed by atoms with van der Waals surface area (Å²) in [5, 5.41) is 2.70. The predicted octanol–water partition coefficient (Wildman–Crippen LogP) is 3.04. The number of para-hydroxylation sites is 1. The number of esters is 1. The summed E-state index contributed by atoms with van der Waals surface area (Å²) in [5.41, 5.74) is 1.15. The maximum absolute atomic E-state index is 12.6. The molecule has 0 aliphatic rings. The summed E-state index contributed by atoms with van der Waals surface area (Å²) >= 11 is 0. The Bertz CT molecular complexity index is 806. The lowest BCUT2D eigenvalue weighted by molar-refractivity contribution is -0.156. The Labute approximate surface area is 165 Å². The molecule has 6 nitrogen and oxygen atoms in total. The number of benzene rings is 2. The summed E-state index contributed by atoms with van der Waals surface area (Å²) in [6, 6.07) is 16.9. The van der Waals surface area contributed by atoms with Crippen LogP contribution in [0, 0.1) is 5.92 Å². The smallest absolute Gasteiger partial charge is 0.329 e. The third-order valence-corrected chi connectivity index (χ3v) is 4.36. The van der Waals surface area contributed by atoms with Crippen molar-refractivity contribution in [2.45, 2.75) is 32.9 Å². The van der Waals surface area contributed by atoms with Crippen LogP contribution in [0.1, 0.15) is 31.1 Å². The highest BCUT2D eigenvalue weighted by atomic mass is 16.5. The number of ether oxygens (including phenoxy) is 1. The molecule has 0 fully saturated rings. The van der Waals surface area contributed by atoms with Crippen molar-refractivity contribution >= 4 is 23.5 Å². The van der Waals surface area contributed by atoms with E-state index in [-0.39, 0.29) is 17.7 Å². The second-order valence-corrected chi connectivity index (χ2v) is 6.87. The third-order valence-electron chi connectivity index (χ3n) is 4.36. The fourth-order valence-corrected chi connectivity index (χ4v) is 2.66. The first kappa shape index (κ1) is 21.2. The largest absolute Gasteiger partial charge is 0.451 e. The van der Waals surface area contributed by atoms with E-state index < -0.39 is 18.1 Å². The van der Waals surface area contributed by atoms with Gasteiger partial charge in [-0.2, -0.15) is 0 Å². The zero-order valence-corrected chi connectivity index (χ0v) is 16.6. The van der Waals surface area contributed by atoms with E-state index in [1.54, 1.807) is 57.3 Å². The predicted molar refractivity (Wildman–Crippen MR) is 108 cm³/mol. The van der Waals surface area contributed by atoms with Gasteiger partial charge < -0.3 is 15.0 Å². The Morgan fingerprint density at radius 3 is 1.96 bits per heavy atom. The van der Waals surface area contributed by atoms with Crippen molar-refractivity contribution in [3.63, 3.8) is 0 Å². The number of likely N-dealkylation sites (N-methyl/N-ethyl adjacent to an activating group) is 1. The molecule has 0 unspecified atom stereocenters. The number of amides is 2. The average molecular weight is 382 g/mol. The fourth-order valence-electron chi connectivity index (χ4n) is 2.66. The van der Waals surface area contributed by atoms with Crippen molar-refractivity contribution in [2.24, 2.45) is 5.92 Å². The van der Waals surface area contributed by atoms with Crippen LogP contribution in [0.15, 0.2) is 60.7 Å². The number of rotatable bonds is 7. The Hall–Kier alpha value is -3.15. The Kier molecular flexibility index (Phi) is 7.32. The number of nitrogens with zero attached hydrogens (tertiary/aromatic N) is 1. The number of carbonyl (C=O) groups excluding carboxylic acids is 3. The van der Waals surface area contributed by atoms with Crippen molar-refractivity contribution in [1.82, 2.24) is 5.32 Å². The zero-order valence-electron chi connectivity index (χ0n) is 16.6. The second-order valence-electron chi connectivity index (χ2n) is 6.87. The van der Waals surface area contributed by atoms with Crippen LogP contribution in [0.5, 0.6) is 0 Å². The van der Waals surface area contributed by atoms with Crippen molar-refractivity contribution in [2.75, 3.05) is 11.9 Å². The van der Waals surface area contributed by atoms with Gasteiger partial charge in [0.25, 0.3) is 11.8 Å². The molecule has 0 aliphatic carbocycles. The molecule has 2 atom stereocenters. The maximum atomic E-state index is 12.6. The number of carbonyl (C=O) groups is 3. The van der Waals surface area contributed by atoms with Gasteiger partial charge in [0, 0.05) is 18.3 Å². The molecule has 148 valence electrons. The Morgan fingerprint density at radius 1 is 0.893 bits per heavy atom. The lowest BCUT2D eigenvalue weighted by Crippen LogP contribution is -2.48. The minimum Gasteiger partial charge on any atom is -0.451 e. The van der Waals surface area contributed by atoms with E-state index in [4.69, 9.17) is 4.74 Å². The number of anilines is 1. The van der Waals surface area contributed by atoms with E-state index in [9.17, 15) is 14.4 Å². The highest BCUT2D eigenvalue weighted by Crippen LogP contribution is 2.14. The van der Waals surface area contributed by atoms with E-state index in [1.165, 1.54) is 11.8 Å². The lowest BCUT2D eigenvalue weighted by atomic mass is 10.0. The van der Waals surface area contributed by atoms with E-state index in [2.05, 4.69) is 5.32 Å². The minimum atomic E-state index is -0.979. The molecule has 2 aromatic carbocycles. The molecule has 2 amide bonds. The van der Waals surface area contributed by atoms with E-state index in [0.29, 0.717) is 11.3 Å². The first-order valence-electron chi connectivity index (χ1n) is 9.20. The van der Waals surface area contributed by atoms with Gasteiger partial charge in [-0.3, -0.25) is 9.59 Å². The molecule has 0 heterocycles. The van der Waals surface area contributed by atoms with Crippen LogP contribution in [0.3, 0.4) is 0 Å². The normalized spacial score (nSPS) is 12.8. The summed E-state index contributed by atoms with van der Waals surface area (Å²) < 4.78 is 5.37. The zero-order chi connectivity index (χ0) is 20.7. The lowest BCUT2D eigenvalue weighted by Gasteiger charge is -2.25. The Morgan fingerprint density at radius 2 is 1.43 bits per heavy atom. The molecule has 2 rings (SSSR count). The molecular weight excluding hydrogens is 356 g/mol. The first-order valence-corrected chi connectivity index (χ1v) is 9.20. The summed E-state index contributed by atoms with van der Waals surface area (Å²) in [7, 11) is 1.62. The molecule has 0 spiro atoms. The van der Waals surface area contributed by atoms with Gasteiger partial charge in [0.2, 0.25) is 0 Å². The van der Waals surface area contributed by atoms with Crippen LogP contribution < -0.4 is 10.2 Å². The minimum absolute atomic E-state index is 0.200. The average Bonchev–Trinajstić information content (AvgIpc) is 2.71. The quantitative estimate of drug-likeness (QED) is 0.747. The summed E-state index contributed by atoms with van der Waals surface area (Å²) in [4.78, 5) is 39.0. The van der Waals surface area contributed by atoms with Gasteiger partial charge in [0.1, 0.15) is 6.04 Å². The van der Waals surface area contributed by atoms with Gasteiger partial charge >= 0.3 is 5.97 Å². The van der Waals surface area contributed by atoms with Crippen molar-refractivity contribution < 1.29 is 19.1 Å².